The van der Waals surface area contributed by atoms with Crippen molar-refractivity contribution in [2.75, 3.05) is 6.54 Å². The highest BCUT2D eigenvalue weighted by molar-refractivity contribution is 5.90. The van der Waals surface area contributed by atoms with E-state index in [2.05, 4.69) is 20.2 Å². The van der Waals surface area contributed by atoms with Crippen molar-refractivity contribution in [2.45, 2.75) is 31.7 Å². The number of likely N-dealkylation sites (tertiary alicyclic amines) is 1. The van der Waals surface area contributed by atoms with Crippen LogP contribution in [-0.2, 0) is 17.9 Å². The average molecular weight is 420 g/mol. The molecule has 1 saturated heterocycles. The molecule has 2 aromatic heterocycles. The Bertz CT molecular complexity index is 1030. The normalized spacial score (nSPS) is 19.2. The van der Waals surface area contributed by atoms with Gasteiger partial charge in [-0.2, -0.15) is 0 Å². The van der Waals surface area contributed by atoms with Gasteiger partial charge in [-0.25, -0.2) is 5.48 Å². The Balaban J connectivity index is 1.40. The van der Waals surface area contributed by atoms with Crippen LogP contribution in [0.5, 0.6) is 0 Å². The van der Waals surface area contributed by atoms with Crippen LogP contribution >= 0.6 is 0 Å². The van der Waals surface area contributed by atoms with Crippen LogP contribution in [-0.4, -0.2) is 59.8 Å². The minimum Gasteiger partial charge on any atom is -0.392 e. The average Bonchev–Trinajstić information content (AvgIpc) is 3.40. The maximum Gasteiger partial charge on any atom is 0.267 e. The van der Waals surface area contributed by atoms with Gasteiger partial charge in [0.2, 0.25) is 0 Å². The van der Waals surface area contributed by atoms with E-state index in [0.29, 0.717) is 26.1 Å². The van der Waals surface area contributed by atoms with Crippen LogP contribution in [0.25, 0.3) is 17.3 Å². The molecule has 1 aliphatic heterocycles. The lowest BCUT2D eigenvalue weighted by Crippen LogP contribution is -2.32. The van der Waals surface area contributed by atoms with E-state index in [0.717, 1.165) is 22.4 Å². The van der Waals surface area contributed by atoms with E-state index in [1.165, 1.54) is 6.08 Å². The molecular weight excluding hydrogens is 396 g/mol. The summed E-state index contributed by atoms with van der Waals surface area (Å²) in [6, 6.07) is 11.8. The Hall–Kier alpha value is -3.40. The van der Waals surface area contributed by atoms with Gasteiger partial charge in [0.15, 0.2) is 0 Å². The summed E-state index contributed by atoms with van der Waals surface area (Å²) in [6.45, 7) is 1.95. The number of hydroxylamine groups is 1. The molecule has 1 amide bonds. The second-order valence-corrected chi connectivity index (χ2v) is 7.59. The molecule has 1 aromatic carbocycles. The third kappa shape index (κ3) is 5.40. The lowest BCUT2D eigenvalue weighted by molar-refractivity contribution is -0.124. The summed E-state index contributed by atoms with van der Waals surface area (Å²) in [5.41, 5.74) is 5.22. The van der Waals surface area contributed by atoms with Gasteiger partial charge in [-0.05, 0) is 35.8 Å². The molecule has 9 heteroatoms. The van der Waals surface area contributed by atoms with Gasteiger partial charge in [0.1, 0.15) is 5.69 Å². The maximum atomic E-state index is 11.1. The molecule has 0 radical (unpaired) electrons. The van der Waals surface area contributed by atoms with Crippen molar-refractivity contribution in [1.29, 1.82) is 0 Å². The topological polar surface area (TPSA) is 116 Å². The fourth-order valence-electron chi connectivity index (χ4n) is 3.77. The minimum atomic E-state index is -0.572. The van der Waals surface area contributed by atoms with Crippen molar-refractivity contribution >= 4 is 12.0 Å². The summed E-state index contributed by atoms with van der Waals surface area (Å²) >= 11 is 0. The predicted molar refractivity (Wildman–Crippen MR) is 113 cm³/mol. The summed E-state index contributed by atoms with van der Waals surface area (Å²) in [4.78, 5) is 17.5. The Kier molecular flexibility index (Phi) is 6.46. The number of carbonyl (C=O) groups excluding carboxylic acids is 1. The number of aliphatic hydroxyl groups excluding tert-OH is 1. The highest BCUT2D eigenvalue weighted by Gasteiger charge is 2.31. The van der Waals surface area contributed by atoms with Crippen LogP contribution in [0.3, 0.4) is 0 Å². The van der Waals surface area contributed by atoms with E-state index in [1.54, 1.807) is 23.9 Å². The summed E-state index contributed by atoms with van der Waals surface area (Å²) in [5, 5.41) is 27.3. The molecule has 2 atom stereocenters. The molecule has 3 heterocycles. The zero-order chi connectivity index (χ0) is 21.6. The largest absolute Gasteiger partial charge is 0.392 e. The third-order valence-corrected chi connectivity index (χ3v) is 5.30. The number of nitrogens with zero attached hydrogens (tertiary/aromatic N) is 5. The summed E-state index contributed by atoms with van der Waals surface area (Å²) < 4.78 is 1.82. The SMILES string of the molecule is O=C(/C=C/c1ccc(CN2C[C@H](O)C[C@@H]2Cn2cc(-c3cccnc3)nn2)cc1)NO. The highest BCUT2D eigenvalue weighted by atomic mass is 16.5. The van der Waals surface area contributed by atoms with Gasteiger partial charge in [0.25, 0.3) is 5.91 Å². The molecule has 0 saturated carbocycles. The lowest BCUT2D eigenvalue weighted by atomic mass is 10.1. The fourth-order valence-corrected chi connectivity index (χ4v) is 3.77. The Labute approximate surface area is 179 Å². The fraction of sp³-hybridized carbons (Fsp3) is 0.273. The molecule has 0 aliphatic carbocycles. The number of rotatable bonds is 7. The summed E-state index contributed by atoms with van der Waals surface area (Å²) in [7, 11) is 0. The first-order valence-electron chi connectivity index (χ1n) is 10.0. The maximum absolute atomic E-state index is 11.1. The van der Waals surface area contributed by atoms with Crippen molar-refractivity contribution in [3.63, 3.8) is 0 Å². The molecule has 160 valence electrons. The zero-order valence-electron chi connectivity index (χ0n) is 16.9. The first kappa shape index (κ1) is 20.9. The molecule has 3 N–H and O–H groups in total. The molecule has 31 heavy (non-hydrogen) atoms. The van der Waals surface area contributed by atoms with Crippen molar-refractivity contribution in [3.05, 3.63) is 72.2 Å². The van der Waals surface area contributed by atoms with Crippen LogP contribution in [0.2, 0.25) is 0 Å². The number of aliphatic hydroxyl groups is 1. The van der Waals surface area contributed by atoms with E-state index in [9.17, 15) is 9.90 Å². The first-order valence-corrected chi connectivity index (χ1v) is 10.0. The van der Waals surface area contributed by atoms with Gasteiger partial charge in [-0.15, -0.1) is 5.10 Å². The zero-order valence-corrected chi connectivity index (χ0v) is 16.9. The van der Waals surface area contributed by atoms with Crippen molar-refractivity contribution in [2.24, 2.45) is 0 Å². The molecule has 9 nitrogen and oxygen atoms in total. The highest BCUT2D eigenvalue weighted by Crippen LogP contribution is 2.23. The molecule has 1 aliphatic rings. The van der Waals surface area contributed by atoms with Gasteiger partial charge < -0.3 is 5.11 Å². The third-order valence-electron chi connectivity index (χ3n) is 5.30. The van der Waals surface area contributed by atoms with Crippen LogP contribution in [0.1, 0.15) is 17.5 Å². The molecule has 1 fully saturated rings. The number of β-amino-alcohol motifs (C(OH)–C–C–N with tert-alkyl or cyclic N) is 1. The molecule has 4 rings (SSSR count). The summed E-state index contributed by atoms with van der Waals surface area (Å²) in [6.07, 6.45) is 8.59. The van der Waals surface area contributed by atoms with Crippen LogP contribution in [0.15, 0.2) is 61.1 Å². The van der Waals surface area contributed by atoms with E-state index in [4.69, 9.17) is 5.21 Å². The smallest absolute Gasteiger partial charge is 0.267 e. The quantitative estimate of drug-likeness (QED) is 0.301. The number of carbonyl (C=O) groups is 1. The molecule has 0 bridgehead atoms. The molecule has 3 aromatic rings. The lowest BCUT2D eigenvalue weighted by Gasteiger charge is -2.24. The number of hydrogen-bond donors (Lipinski definition) is 3. The van der Waals surface area contributed by atoms with E-state index in [1.807, 2.05) is 47.3 Å². The van der Waals surface area contributed by atoms with Gasteiger partial charge in [-0.3, -0.25) is 24.6 Å². The first-order chi connectivity index (χ1) is 15.1. The van der Waals surface area contributed by atoms with Crippen LogP contribution in [0.4, 0.5) is 0 Å². The van der Waals surface area contributed by atoms with Gasteiger partial charge in [0, 0.05) is 43.2 Å². The molecular formula is C22H24N6O3. The Morgan fingerprint density at radius 1 is 1.26 bits per heavy atom. The van der Waals surface area contributed by atoms with Crippen LogP contribution < -0.4 is 5.48 Å². The van der Waals surface area contributed by atoms with Crippen molar-refractivity contribution in [3.8, 4) is 11.3 Å². The standard InChI is InChI=1S/C22H24N6O3/c29-20-10-19(13-28-15-21(24-26-28)18-2-1-9-23-11-18)27(14-20)12-17-5-3-16(4-6-17)7-8-22(30)25-31/h1-9,11,15,19-20,29,31H,10,12-14H2,(H,25,30)/b8-7+/t19-,20-/m1/s1. The Morgan fingerprint density at radius 2 is 2.10 bits per heavy atom. The monoisotopic (exact) mass is 420 g/mol. The summed E-state index contributed by atoms with van der Waals surface area (Å²) in [5.74, 6) is -0.572. The predicted octanol–water partition coefficient (Wildman–Crippen LogP) is 1.49. The molecule has 0 spiro atoms. The Morgan fingerprint density at radius 3 is 2.84 bits per heavy atom. The van der Waals surface area contributed by atoms with E-state index in [-0.39, 0.29) is 12.1 Å². The number of nitrogens with one attached hydrogen (secondary N) is 1. The van der Waals surface area contributed by atoms with Gasteiger partial charge in [0.05, 0.1) is 18.8 Å². The number of pyridine rings is 1. The second kappa shape index (κ2) is 9.61. The number of benzene rings is 1. The van der Waals surface area contributed by atoms with Crippen molar-refractivity contribution < 1.29 is 15.1 Å². The van der Waals surface area contributed by atoms with E-state index >= 15 is 0 Å². The van der Waals surface area contributed by atoms with Crippen LogP contribution in [0, 0.1) is 0 Å². The number of hydrogen-bond acceptors (Lipinski definition) is 7. The van der Waals surface area contributed by atoms with Gasteiger partial charge >= 0.3 is 0 Å². The number of amides is 1. The molecule has 0 unspecified atom stereocenters. The number of aromatic nitrogens is 4. The second-order valence-electron chi connectivity index (χ2n) is 7.59. The van der Waals surface area contributed by atoms with Gasteiger partial charge in [-0.1, -0.05) is 29.5 Å². The van der Waals surface area contributed by atoms with E-state index < -0.39 is 5.91 Å². The minimum absolute atomic E-state index is 0.145. The van der Waals surface area contributed by atoms with Crippen molar-refractivity contribution in [1.82, 2.24) is 30.4 Å².